The predicted molar refractivity (Wildman–Crippen MR) is 145 cm³/mol. The van der Waals surface area contributed by atoms with Crippen LogP contribution in [0.5, 0.6) is 17.2 Å². The number of carbonyl (C=O) groups excluding carboxylic acids is 2. The van der Waals surface area contributed by atoms with Crippen LogP contribution in [0.2, 0.25) is 0 Å². The maximum absolute atomic E-state index is 13.9. The third-order valence-electron chi connectivity index (χ3n) is 6.12. The highest BCUT2D eigenvalue weighted by molar-refractivity contribution is 7.92. The van der Waals surface area contributed by atoms with Gasteiger partial charge < -0.3 is 24.4 Å². The molecular formula is C27H37N3O7S. The molecule has 0 saturated carbocycles. The van der Waals surface area contributed by atoms with Crippen LogP contribution >= 0.6 is 0 Å². The number of rotatable bonds is 12. The first-order valence-corrected chi connectivity index (χ1v) is 14.3. The summed E-state index contributed by atoms with van der Waals surface area (Å²) in [5.41, 5.74) is 1.06. The van der Waals surface area contributed by atoms with Gasteiger partial charge in [0.2, 0.25) is 21.8 Å². The molecule has 2 aromatic rings. The van der Waals surface area contributed by atoms with E-state index in [9.17, 15) is 18.0 Å². The van der Waals surface area contributed by atoms with Crippen molar-refractivity contribution in [3.63, 3.8) is 0 Å². The lowest BCUT2D eigenvalue weighted by Crippen LogP contribution is -2.53. The molecule has 1 atom stereocenters. The Morgan fingerprint density at radius 1 is 1.03 bits per heavy atom. The molecule has 1 N–H and O–H groups in total. The second-order valence-corrected chi connectivity index (χ2v) is 11.4. The van der Waals surface area contributed by atoms with E-state index < -0.39 is 28.5 Å². The molecule has 1 heterocycles. The highest BCUT2D eigenvalue weighted by atomic mass is 32.2. The van der Waals surface area contributed by atoms with Gasteiger partial charge in [-0.25, -0.2) is 8.42 Å². The average Bonchev–Trinajstić information content (AvgIpc) is 2.91. The first-order valence-electron chi connectivity index (χ1n) is 12.7. The van der Waals surface area contributed by atoms with E-state index in [0.717, 1.165) is 9.87 Å². The minimum absolute atomic E-state index is 0.119. The second kappa shape index (κ2) is 12.9. The van der Waals surface area contributed by atoms with Crippen molar-refractivity contribution in [2.24, 2.45) is 0 Å². The van der Waals surface area contributed by atoms with Gasteiger partial charge in [-0.3, -0.25) is 13.9 Å². The van der Waals surface area contributed by atoms with E-state index in [1.165, 1.54) is 11.8 Å². The molecular weight excluding hydrogens is 510 g/mol. The number of sulfonamides is 1. The van der Waals surface area contributed by atoms with Crippen LogP contribution in [0.15, 0.2) is 42.5 Å². The zero-order chi connectivity index (χ0) is 27.9. The van der Waals surface area contributed by atoms with Crippen LogP contribution in [0.25, 0.3) is 0 Å². The lowest BCUT2D eigenvalue weighted by atomic mass is 10.1. The summed E-state index contributed by atoms with van der Waals surface area (Å²) in [6.45, 7) is 7.42. The van der Waals surface area contributed by atoms with Crippen LogP contribution in [-0.2, 0) is 26.2 Å². The first-order chi connectivity index (χ1) is 18.1. The smallest absolute Gasteiger partial charge is 0.244 e. The fourth-order valence-corrected chi connectivity index (χ4v) is 5.19. The van der Waals surface area contributed by atoms with Crippen molar-refractivity contribution in [1.82, 2.24) is 10.2 Å². The number of fused-ring (bicyclic) bond motifs is 1. The van der Waals surface area contributed by atoms with Gasteiger partial charge in [-0.1, -0.05) is 19.1 Å². The van der Waals surface area contributed by atoms with E-state index in [-0.39, 0.29) is 29.9 Å². The van der Waals surface area contributed by atoms with E-state index in [1.54, 1.807) is 37.4 Å². The van der Waals surface area contributed by atoms with E-state index >= 15 is 0 Å². The number of ether oxygens (including phenoxy) is 3. The molecule has 10 nitrogen and oxygen atoms in total. The Kier molecular flexibility index (Phi) is 9.84. The van der Waals surface area contributed by atoms with Gasteiger partial charge in [-0.2, -0.15) is 0 Å². The summed E-state index contributed by atoms with van der Waals surface area (Å²) < 4.78 is 43.8. The SMILES string of the molecule is CCC(C(=O)NC(C)C)N(Cc1ccc(OC)cc1)C(=O)CN(c1ccc2c(c1)OCCO2)S(=O)(=O)CC. The van der Waals surface area contributed by atoms with Crippen molar-refractivity contribution >= 4 is 27.5 Å². The molecule has 3 rings (SSSR count). The van der Waals surface area contributed by atoms with Crippen molar-refractivity contribution in [1.29, 1.82) is 0 Å². The van der Waals surface area contributed by atoms with Crippen LogP contribution in [0.4, 0.5) is 5.69 Å². The molecule has 1 aliphatic heterocycles. The van der Waals surface area contributed by atoms with Crippen molar-refractivity contribution in [2.75, 3.05) is 36.9 Å². The molecule has 0 aliphatic carbocycles. The van der Waals surface area contributed by atoms with Crippen molar-refractivity contribution in [3.05, 3.63) is 48.0 Å². The number of hydrogen-bond donors (Lipinski definition) is 1. The highest BCUT2D eigenvalue weighted by Gasteiger charge is 2.33. The van der Waals surface area contributed by atoms with E-state index in [2.05, 4.69) is 5.32 Å². The van der Waals surface area contributed by atoms with Crippen LogP contribution in [0, 0.1) is 0 Å². The molecule has 2 aromatic carbocycles. The number of amides is 2. The summed E-state index contributed by atoms with van der Waals surface area (Å²) in [6, 6.07) is 11.0. The Morgan fingerprint density at radius 2 is 1.68 bits per heavy atom. The number of benzene rings is 2. The Labute approximate surface area is 224 Å². The minimum Gasteiger partial charge on any atom is -0.497 e. The van der Waals surface area contributed by atoms with Gasteiger partial charge in [0.1, 0.15) is 31.5 Å². The van der Waals surface area contributed by atoms with Crippen molar-refractivity contribution in [2.45, 2.75) is 52.7 Å². The van der Waals surface area contributed by atoms with Gasteiger partial charge in [0.05, 0.1) is 18.6 Å². The normalized spacial score (nSPS) is 13.5. The minimum atomic E-state index is -3.85. The molecule has 0 fully saturated rings. The Balaban J connectivity index is 1.97. The molecule has 0 radical (unpaired) electrons. The number of carbonyl (C=O) groups is 2. The van der Waals surface area contributed by atoms with Gasteiger partial charge in [0, 0.05) is 18.7 Å². The van der Waals surface area contributed by atoms with E-state index in [0.29, 0.717) is 36.9 Å². The number of hydrogen-bond acceptors (Lipinski definition) is 7. The van der Waals surface area contributed by atoms with Gasteiger partial charge >= 0.3 is 0 Å². The quantitative estimate of drug-likeness (QED) is 0.435. The molecule has 38 heavy (non-hydrogen) atoms. The maximum Gasteiger partial charge on any atom is 0.244 e. The Bertz CT molecular complexity index is 1220. The lowest BCUT2D eigenvalue weighted by Gasteiger charge is -2.33. The summed E-state index contributed by atoms with van der Waals surface area (Å²) in [4.78, 5) is 28.4. The summed E-state index contributed by atoms with van der Waals surface area (Å²) in [5, 5.41) is 2.88. The lowest BCUT2D eigenvalue weighted by molar-refractivity contribution is -0.140. The first kappa shape index (κ1) is 29.1. The number of nitrogens with zero attached hydrogens (tertiary/aromatic N) is 2. The third-order valence-corrected chi connectivity index (χ3v) is 7.86. The Morgan fingerprint density at radius 3 is 2.26 bits per heavy atom. The molecule has 2 amide bonds. The molecule has 0 bridgehead atoms. The molecule has 208 valence electrons. The topological polar surface area (TPSA) is 114 Å². The zero-order valence-corrected chi connectivity index (χ0v) is 23.4. The Hall–Kier alpha value is -3.47. The van der Waals surface area contributed by atoms with Crippen LogP contribution in [-0.4, -0.2) is 69.8 Å². The monoisotopic (exact) mass is 547 g/mol. The fraction of sp³-hybridized carbons (Fsp3) is 0.481. The highest BCUT2D eigenvalue weighted by Crippen LogP contribution is 2.35. The second-order valence-electron chi connectivity index (χ2n) is 9.19. The summed E-state index contributed by atoms with van der Waals surface area (Å²) in [7, 11) is -2.29. The molecule has 0 spiro atoms. The zero-order valence-electron chi connectivity index (χ0n) is 22.6. The van der Waals surface area contributed by atoms with Crippen LogP contribution in [0.3, 0.4) is 0 Å². The van der Waals surface area contributed by atoms with Crippen LogP contribution < -0.4 is 23.8 Å². The van der Waals surface area contributed by atoms with Gasteiger partial charge in [-0.05, 0) is 57.0 Å². The average molecular weight is 548 g/mol. The van der Waals surface area contributed by atoms with Gasteiger partial charge in [0.15, 0.2) is 11.5 Å². The molecule has 1 aliphatic rings. The fourth-order valence-electron chi connectivity index (χ4n) is 4.13. The molecule has 1 unspecified atom stereocenters. The third kappa shape index (κ3) is 7.09. The molecule has 0 saturated heterocycles. The summed E-state index contributed by atoms with van der Waals surface area (Å²) in [5.74, 6) is 0.577. The summed E-state index contributed by atoms with van der Waals surface area (Å²) >= 11 is 0. The van der Waals surface area contributed by atoms with E-state index in [1.807, 2.05) is 32.9 Å². The van der Waals surface area contributed by atoms with Crippen LogP contribution in [0.1, 0.15) is 39.7 Å². The van der Waals surface area contributed by atoms with Crippen molar-refractivity contribution in [3.8, 4) is 17.2 Å². The van der Waals surface area contributed by atoms with E-state index in [4.69, 9.17) is 14.2 Å². The predicted octanol–water partition coefficient (Wildman–Crippen LogP) is 2.95. The van der Waals surface area contributed by atoms with Gasteiger partial charge in [0.25, 0.3) is 0 Å². The number of nitrogens with one attached hydrogen (secondary N) is 1. The molecule has 11 heteroatoms. The van der Waals surface area contributed by atoms with Crippen molar-refractivity contribution < 1.29 is 32.2 Å². The number of anilines is 1. The standard InChI is InChI=1S/C27H37N3O7S/c1-6-23(27(32)28-19(3)4)29(17-20-8-11-22(35-5)12-9-20)26(31)18-30(38(33,34)7-2)21-10-13-24-25(16-21)37-15-14-36-24/h8-13,16,19,23H,6-7,14-15,17-18H2,1-5H3,(H,28,32). The number of methoxy groups -OCH3 is 1. The van der Waals surface area contributed by atoms with Gasteiger partial charge in [-0.15, -0.1) is 0 Å². The molecule has 0 aromatic heterocycles. The summed E-state index contributed by atoms with van der Waals surface area (Å²) in [6.07, 6.45) is 0.352. The largest absolute Gasteiger partial charge is 0.497 e. The maximum atomic E-state index is 13.9.